The number of anilines is 1. The van der Waals surface area contributed by atoms with Gasteiger partial charge in [-0.05, 0) is 29.8 Å². The van der Waals surface area contributed by atoms with E-state index >= 15 is 0 Å². The number of halogens is 2. The number of carbonyl (C=O) groups excluding carboxylic acids is 1. The highest BCUT2D eigenvalue weighted by atomic mass is 79.9. The van der Waals surface area contributed by atoms with Crippen LogP contribution in [0.3, 0.4) is 0 Å². The van der Waals surface area contributed by atoms with Gasteiger partial charge in [0.05, 0.1) is 23.5 Å². The maximum absolute atomic E-state index is 12.5. The number of hydrogen-bond acceptors (Lipinski definition) is 4. The number of rotatable bonds is 5. The van der Waals surface area contributed by atoms with E-state index < -0.39 is 6.10 Å². The molecule has 0 aliphatic carbocycles. The highest BCUT2D eigenvalue weighted by Gasteiger charge is 2.29. The van der Waals surface area contributed by atoms with Crippen molar-refractivity contribution in [3.8, 4) is 0 Å². The van der Waals surface area contributed by atoms with Gasteiger partial charge in [-0.1, -0.05) is 57.0 Å². The topological polar surface area (TPSA) is 68.5 Å². The number of carbonyl (C=O) groups is 1. The molecule has 2 heterocycles. The highest BCUT2D eigenvalue weighted by Crippen LogP contribution is 2.21. The number of oxime groups is 1. The maximum Gasteiger partial charge on any atom is 0.268 e. The molecule has 0 saturated carbocycles. The van der Waals surface area contributed by atoms with Crippen LogP contribution in [0.2, 0.25) is 5.02 Å². The molecule has 1 unspecified atom stereocenters. The van der Waals surface area contributed by atoms with Crippen molar-refractivity contribution in [2.45, 2.75) is 19.1 Å². The van der Waals surface area contributed by atoms with Crippen LogP contribution in [0.1, 0.15) is 17.5 Å². The number of nitrogens with one attached hydrogen (secondary N) is 1. The molecule has 1 amide bonds. The van der Waals surface area contributed by atoms with Gasteiger partial charge in [0, 0.05) is 28.3 Å². The molecule has 142 valence electrons. The molecule has 0 spiro atoms. The quantitative estimate of drug-likeness (QED) is 0.612. The second-order valence-corrected chi connectivity index (χ2v) is 7.74. The lowest BCUT2D eigenvalue weighted by Gasteiger charge is -2.10. The normalized spacial score (nSPS) is 15.8. The van der Waals surface area contributed by atoms with Crippen molar-refractivity contribution in [1.82, 2.24) is 9.78 Å². The molecule has 1 N–H and O–H groups in total. The van der Waals surface area contributed by atoms with Crippen LogP contribution < -0.4 is 5.32 Å². The largest absolute Gasteiger partial charge is 0.382 e. The molecule has 0 bridgehead atoms. The summed E-state index contributed by atoms with van der Waals surface area (Å²) in [5.41, 5.74) is 3.45. The van der Waals surface area contributed by atoms with Gasteiger partial charge in [0.2, 0.25) is 6.10 Å². The van der Waals surface area contributed by atoms with Crippen LogP contribution in [-0.4, -0.2) is 27.5 Å². The molecule has 3 aromatic rings. The Labute approximate surface area is 175 Å². The molecule has 1 aromatic heterocycles. The lowest BCUT2D eigenvalue weighted by Crippen LogP contribution is -2.28. The second-order valence-electron chi connectivity index (χ2n) is 6.39. The van der Waals surface area contributed by atoms with E-state index in [1.54, 1.807) is 17.1 Å². The van der Waals surface area contributed by atoms with Crippen LogP contribution in [0.4, 0.5) is 5.69 Å². The van der Waals surface area contributed by atoms with Crippen molar-refractivity contribution < 1.29 is 9.63 Å². The Hall–Kier alpha value is -2.64. The number of nitrogens with zero attached hydrogens (tertiary/aromatic N) is 3. The molecular formula is C20H16BrClN4O2. The molecule has 1 atom stereocenters. The van der Waals surface area contributed by atoms with E-state index in [0.717, 1.165) is 21.3 Å². The van der Waals surface area contributed by atoms with Gasteiger partial charge >= 0.3 is 0 Å². The molecule has 0 radical (unpaired) electrons. The average molecular weight is 460 g/mol. The lowest BCUT2D eigenvalue weighted by molar-refractivity contribution is -0.125. The van der Waals surface area contributed by atoms with E-state index in [1.165, 1.54) is 0 Å². The summed E-state index contributed by atoms with van der Waals surface area (Å²) in [6, 6.07) is 15.3. The van der Waals surface area contributed by atoms with Crippen LogP contribution in [0, 0.1) is 0 Å². The zero-order valence-electron chi connectivity index (χ0n) is 14.7. The van der Waals surface area contributed by atoms with E-state index in [-0.39, 0.29) is 5.91 Å². The van der Waals surface area contributed by atoms with E-state index in [9.17, 15) is 4.79 Å². The number of hydrogen-bond donors (Lipinski definition) is 1. The molecule has 2 aromatic carbocycles. The van der Waals surface area contributed by atoms with Crippen LogP contribution >= 0.6 is 27.5 Å². The third-order valence-corrected chi connectivity index (χ3v) is 4.98. The number of amides is 1. The van der Waals surface area contributed by atoms with Gasteiger partial charge in [-0.25, -0.2) is 0 Å². The van der Waals surface area contributed by atoms with Gasteiger partial charge in [-0.3, -0.25) is 9.48 Å². The molecule has 28 heavy (non-hydrogen) atoms. The standard InChI is InChI=1S/C20H16BrClN4O2/c21-15-3-1-2-14(8-15)18-9-19(28-25-18)20(27)24-17-6-4-13(5-7-17)11-26-12-16(22)10-23-26/h1-8,10,12,19H,9,11H2,(H,24,27). The third-order valence-electron chi connectivity index (χ3n) is 4.29. The summed E-state index contributed by atoms with van der Waals surface area (Å²) in [5, 5.41) is 11.7. The summed E-state index contributed by atoms with van der Waals surface area (Å²) in [6.07, 6.45) is 3.15. The van der Waals surface area contributed by atoms with E-state index in [0.29, 0.717) is 23.7 Å². The summed E-state index contributed by atoms with van der Waals surface area (Å²) in [7, 11) is 0. The zero-order valence-corrected chi connectivity index (χ0v) is 17.0. The van der Waals surface area contributed by atoms with Gasteiger partial charge in [0.25, 0.3) is 5.91 Å². The predicted molar refractivity (Wildman–Crippen MR) is 112 cm³/mol. The van der Waals surface area contributed by atoms with E-state index in [1.807, 2.05) is 48.5 Å². The van der Waals surface area contributed by atoms with Crippen molar-refractivity contribution in [3.63, 3.8) is 0 Å². The van der Waals surface area contributed by atoms with Gasteiger partial charge in [0.15, 0.2) is 0 Å². The summed E-state index contributed by atoms with van der Waals surface area (Å²) < 4.78 is 2.71. The Morgan fingerprint density at radius 2 is 2.11 bits per heavy atom. The Bertz CT molecular complexity index is 1030. The molecule has 1 aliphatic heterocycles. The lowest BCUT2D eigenvalue weighted by atomic mass is 10.0. The Kier molecular flexibility index (Phi) is 5.45. The smallest absolute Gasteiger partial charge is 0.268 e. The minimum Gasteiger partial charge on any atom is -0.382 e. The first kappa shape index (κ1) is 18.7. The predicted octanol–water partition coefficient (Wildman–Crippen LogP) is 4.48. The maximum atomic E-state index is 12.5. The number of benzene rings is 2. The van der Waals surface area contributed by atoms with E-state index in [2.05, 4.69) is 31.5 Å². The fourth-order valence-electron chi connectivity index (χ4n) is 2.88. The van der Waals surface area contributed by atoms with Crippen molar-refractivity contribution in [1.29, 1.82) is 0 Å². The first-order valence-electron chi connectivity index (χ1n) is 8.63. The van der Waals surface area contributed by atoms with Gasteiger partial charge < -0.3 is 10.2 Å². The van der Waals surface area contributed by atoms with Crippen molar-refractivity contribution in [2.75, 3.05) is 5.32 Å². The summed E-state index contributed by atoms with van der Waals surface area (Å²) in [6.45, 7) is 0.608. The first-order chi connectivity index (χ1) is 13.6. The van der Waals surface area contributed by atoms with Gasteiger partial charge in [0.1, 0.15) is 0 Å². The SMILES string of the molecule is O=C(Nc1ccc(Cn2cc(Cl)cn2)cc1)C1CC(c2cccc(Br)c2)=NO1. The minimum atomic E-state index is -0.639. The van der Waals surface area contributed by atoms with E-state index in [4.69, 9.17) is 16.4 Å². The summed E-state index contributed by atoms with van der Waals surface area (Å²) in [5.74, 6) is -0.222. The minimum absolute atomic E-state index is 0.222. The first-order valence-corrected chi connectivity index (χ1v) is 9.80. The Morgan fingerprint density at radius 1 is 1.29 bits per heavy atom. The molecule has 4 rings (SSSR count). The van der Waals surface area contributed by atoms with Crippen LogP contribution in [-0.2, 0) is 16.2 Å². The average Bonchev–Trinajstić information content (AvgIpc) is 3.33. The molecular weight excluding hydrogens is 444 g/mol. The van der Waals surface area contributed by atoms with Crippen LogP contribution in [0.5, 0.6) is 0 Å². The molecule has 6 nitrogen and oxygen atoms in total. The van der Waals surface area contributed by atoms with Crippen molar-refractivity contribution in [3.05, 3.63) is 81.5 Å². The monoisotopic (exact) mass is 458 g/mol. The Balaban J connectivity index is 1.34. The van der Waals surface area contributed by atoms with Crippen LogP contribution in [0.25, 0.3) is 0 Å². The fraction of sp³-hybridized carbons (Fsp3) is 0.150. The van der Waals surface area contributed by atoms with Crippen molar-refractivity contribution >= 4 is 44.8 Å². The van der Waals surface area contributed by atoms with Crippen molar-refractivity contribution in [2.24, 2.45) is 5.16 Å². The zero-order chi connectivity index (χ0) is 19.5. The fourth-order valence-corrected chi connectivity index (χ4v) is 3.44. The molecule has 1 aliphatic rings. The van der Waals surface area contributed by atoms with Gasteiger partial charge in [-0.15, -0.1) is 0 Å². The third kappa shape index (κ3) is 4.43. The van der Waals surface area contributed by atoms with Gasteiger partial charge in [-0.2, -0.15) is 5.10 Å². The second kappa shape index (κ2) is 8.16. The molecule has 0 fully saturated rings. The Morgan fingerprint density at radius 3 is 2.82 bits per heavy atom. The highest BCUT2D eigenvalue weighted by molar-refractivity contribution is 9.10. The van der Waals surface area contributed by atoms with Crippen LogP contribution in [0.15, 0.2) is 70.6 Å². The molecule has 0 saturated heterocycles. The summed E-state index contributed by atoms with van der Waals surface area (Å²) in [4.78, 5) is 17.8. The summed E-state index contributed by atoms with van der Waals surface area (Å²) >= 11 is 9.31. The number of aromatic nitrogens is 2. The molecule has 8 heteroatoms.